The van der Waals surface area contributed by atoms with E-state index in [4.69, 9.17) is 4.98 Å². The fraction of sp³-hybridized carbons (Fsp3) is 0.417. The van der Waals surface area contributed by atoms with Crippen LogP contribution < -0.4 is 5.32 Å². The lowest BCUT2D eigenvalue weighted by atomic mass is 10.1. The zero-order valence-electron chi connectivity index (χ0n) is 17.6. The zero-order valence-corrected chi connectivity index (χ0v) is 17.6. The molecule has 2 aromatic carbocycles. The standard InChI is InChI=1S/C24H31N3O/c1-6-21(24(28)25-15-16(2)3)27-22-13-18(5)17(4)12-20(22)26-23(27)14-19-10-8-7-9-11-19/h7-13,16,21H,6,14-15H2,1-5H3,(H,25,28)/t21-/m0/s1. The maximum atomic E-state index is 13.0. The van der Waals surface area contributed by atoms with E-state index in [1.807, 2.05) is 18.2 Å². The lowest BCUT2D eigenvalue weighted by molar-refractivity contribution is -0.124. The summed E-state index contributed by atoms with van der Waals surface area (Å²) in [4.78, 5) is 18.0. The predicted octanol–water partition coefficient (Wildman–Crippen LogP) is 4.97. The Labute approximate surface area is 168 Å². The van der Waals surface area contributed by atoms with Crippen molar-refractivity contribution in [3.8, 4) is 0 Å². The van der Waals surface area contributed by atoms with Crippen LogP contribution in [0.5, 0.6) is 0 Å². The van der Waals surface area contributed by atoms with Crippen molar-refractivity contribution in [3.05, 3.63) is 65.0 Å². The number of benzene rings is 2. The van der Waals surface area contributed by atoms with Gasteiger partial charge in [0.2, 0.25) is 5.91 Å². The van der Waals surface area contributed by atoms with Crippen LogP contribution in [0, 0.1) is 19.8 Å². The summed E-state index contributed by atoms with van der Waals surface area (Å²) in [5.41, 5.74) is 5.65. The fourth-order valence-corrected chi connectivity index (χ4v) is 3.56. The molecule has 3 aromatic rings. The van der Waals surface area contributed by atoms with Gasteiger partial charge in [-0.3, -0.25) is 4.79 Å². The van der Waals surface area contributed by atoms with Gasteiger partial charge in [0, 0.05) is 13.0 Å². The van der Waals surface area contributed by atoms with Crippen molar-refractivity contribution in [2.75, 3.05) is 6.54 Å². The molecule has 0 unspecified atom stereocenters. The summed E-state index contributed by atoms with van der Waals surface area (Å²) in [6.45, 7) is 11.2. The monoisotopic (exact) mass is 377 g/mol. The van der Waals surface area contributed by atoms with Crippen molar-refractivity contribution in [1.82, 2.24) is 14.9 Å². The van der Waals surface area contributed by atoms with Crippen LogP contribution in [0.3, 0.4) is 0 Å². The van der Waals surface area contributed by atoms with E-state index in [-0.39, 0.29) is 11.9 Å². The summed E-state index contributed by atoms with van der Waals surface area (Å²) in [5.74, 6) is 1.44. The first-order chi connectivity index (χ1) is 13.4. The van der Waals surface area contributed by atoms with Crippen LogP contribution in [0.15, 0.2) is 42.5 Å². The lowest BCUT2D eigenvalue weighted by Gasteiger charge is -2.21. The second kappa shape index (κ2) is 8.59. The minimum atomic E-state index is -0.260. The number of rotatable bonds is 7. The van der Waals surface area contributed by atoms with Gasteiger partial charge in [0.25, 0.3) is 0 Å². The van der Waals surface area contributed by atoms with Gasteiger partial charge in [0.05, 0.1) is 11.0 Å². The molecular formula is C24H31N3O. The third-order valence-corrected chi connectivity index (χ3v) is 5.27. The molecule has 0 aliphatic carbocycles. The summed E-state index contributed by atoms with van der Waals surface area (Å²) < 4.78 is 2.16. The van der Waals surface area contributed by atoms with E-state index in [2.05, 4.69) is 68.8 Å². The van der Waals surface area contributed by atoms with Crippen molar-refractivity contribution in [2.45, 2.75) is 53.5 Å². The van der Waals surface area contributed by atoms with Crippen LogP contribution in [-0.2, 0) is 11.2 Å². The Kier molecular flexibility index (Phi) is 6.18. The number of hydrogen-bond acceptors (Lipinski definition) is 2. The first-order valence-corrected chi connectivity index (χ1v) is 10.2. The quantitative estimate of drug-likeness (QED) is 0.632. The molecule has 4 nitrogen and oxygen atoms in total. The van der Waals surface area contributed by atoms with Crippen LogP contribution in [-0.4, -0.2) is 22.0 Å². The average molecular weight is 378 g/mol. The van der Waals surface area contributed by atoms with E-state index in [1.165, 1.54) is 16.7 Å². The Bertz CT molecular complexity index is 957. The highest BCUT2D eigenvalue weighted by atomic mass is 16.2. The molecule has 1 aromatic heterocycles. The normalized spacial score (nSPS) is 12.5. The first-order valence-electron chi connectivity index (χ1n) is 10.2. The van der Waals surface area contributed by atoms with Gasteiger partial charge < -0.3 is 9.88 Å². The molecule has 1 heterocycles. The van der Waals surface area contributed by atoms with Crippen LogP contribution >= 0.6 is 0 Å². The fourth-order valence-electron chi connectivity index (χ4n) is 3.56. The smallest absolute Gasteiger partial charge is 0.243 e. The number of aryl methyl sites for hydroxylation is 2. The summed E-state index contributed by atoms with van der Waals surface area (Å²) in [6, 6.07) is 14.4. The third-order valence-electron chi connectivity index (χ3n) is 5.27. The van der Waals surface area contributed by atoms with E-state index in [1.54, 1.807) is 0 Å². The topological polar surface area (TPSA) is 46.9 Å². The molecule has 0 saturated carbocycles. The van der Waals surface area contributed by atoms with Crippen molar-refractivity contribution in [2.24, 2.45) is 5.92 Å². The molecule has 0 spiro atoms. The number of nitrogens with one attached hydrogen (secondary N) is 1. The van der Waals surface area contributed by atoms with Crippen LogP contribution in [0.1, 0.15) is 55.7 Å². The Morgan fingerprint density at radius 3 is 2.43 bits per heavy atom. The second-order valence-electron chi connectivity index (χ2n) is 8.05. The van der Waals surface area contributed by atoms with Crippen LogP contribution in [0.25, 0.3) is 11.0 Å². The molecule has 0 saturated heterocycles. The number of hydrogen-bond donors (Lipinski definition) is 1. The number of amides is 1. The van der Waals surface area contributed by atoms with Gasteiger partial charge in [-0.1, -0.05) is 51.1 Å². The third kappa shape index (κ3) is 4.27. The molecule has 1 atom stereocenters. The molecule has 1 N–H and O–H groups in total. The highest BCUT2D eigenvalue weighted by molar-refractivity contribution is 5.85. The van der Waals surface area contributed by atoms with Crippen molar-refractivity contribution in [1.29, 1.82) is 0 Å². The highest BCUT2D eigenvalue weighted by Crippen LogP contribution is 2.27. The van der Waals surface area contributed by atoms with Crippen LogP contribution in [0.2, 0.25) is 0 Å². The maximum absolute atomic E-state index is 13.0. The van der Waals surface area contributed by atoms with Gasteiger partial charge in [0.15, 0.2) is 0 Å². The van der Waals surface area contributed by atoms with Crippen LogP contribution in [0.4, 0.5) is 0 Å². The molecular weight excluding hydrogens is 346 g/mol. The van der Waals surface area contributed by atoms with Crippen molar-refractivity contribution >= 4 is 16.9 Å². The van der Waals surface area contributed by atoms with Gasteiger partial charge in [-0.25, -0.2) is 4.98 Å². The molecule has 0 bridgehead atoms. The number of carbonyl (C=O) groups is 1. The number of fused-ring (bicyclic) bond motifs is 1. The molecule has 0 radical (unpaired) electrons. The molecule has 3 rings (SSSR count). The number of carbonyl (C=O) groups excluding carboxylic acids is 1. The number of nitrogens with zero attached hydrogens (tertiary/aromatic N) is 2. The Hall–Kier alpha value is -2.62. The van der Waals surface area contributed by atoms with Gasteiger partial charge in [-0.15, -0.1) is 0 Å². The molecule has 0 aliphatic rings. The lowest BCUT2D eigenvalue weighted by Crippen LogP contribution is -2.35. The molecule has 1 amide bonds. The molecule has 4 heteroatoms. The maximum Gasteiger partial charge on any atom is 0.243 e. The Morgan fingerprint density at radius 1 is 1.11 bits per heavy atom. The zero-order chi connectivity index (χ0) is 20.3. The van der Waals surface area contributed by atoms with Crippen molar-refractivity contribution < 1.29 is 4.79 Å². The Balaban J connectivity index is 2.09. The Morgan fingerprint density at radius 2 is 1.79 bits per heavy atom. The van der Waals surface area contributed by atoms with E-state index < -0.39 is 0 Å². The van der Waals surface area contributed by atoms with Crippen molar-refractivity contribution in [3.63, 3.8) is 0 Å². The minimum absolute atomic E-state index is 0.0723. The van der Waals surface area contributed by atoms with Gasteiger partial charge in [-0.2, -0.15) is 0 Å². The van der Waals surface area contributed by atoms with E-state index in [9.17, 15) is 4.79 Å². The first kappa shape index (κ1) is 20.1. The SMILES string of the molecule is CC[C@@H](C(=O)NCC(C)C)n1c(Cc2ccccc2)nc2cc(C)c(C)cc21. The van der Waals surface area contributed by atoms with Gasteiger partial charge in [0.1, 0.15) is 11.9 Å². The van der Waals surface area contributed by atoms with E-state index in [0.29, 0.717) is 18.9 Å². The average Bonchev–Trinajstić information content (AvgIpc) is 2.99. The largest absolute Gasteiger partial charge is 0.354 e. The molecule has 28 heavy (non-hydrogen) atoms. The summed E-state index contributed by atoms with van der Waals surface area (Å²) >= 11 is 0. The summed E-state index contributed by atoms with van der Waals surface area (Å²) in [5, 5.41) is 3.12. The molecule has 148 valence electrons. The highest BCUT2D eigenvalue weighted by Gasteiger charge is 2.24. The minimum Gasteiger partial charge on any atom is -0.354 e. The number of aromatic nitrogens is 2. The van der Waals surface area contributed by atoms with Gasteiger partial charge in [-0.05, 0) is 55.0 Å². The number of imidazole rings is 1. The predicted molar refractivity (Wildman–Crippen MR) is 116 cm³/mol. The summed E-state index contributed by atoms with van der Waals surface area (Å²) in [7, 11) is 0. The molecule has 0 aliphatic heterocycles. The summed E-state index contributed by atoms with van der Waals surface area (Å²) in [6.07, 6.45) is 1.44. The van der Waals surface area contributed by atoms with E-state index in [0.717, 1.165) is 23.3 Å². The van der Waals surface area contributed by atoms with E-state index >= 15 is 0 Å². The molecule has 0 fully saturated rings. The van der Waals surface area contributed by atoms with Gasteiger partial charge >= 0.3 is 0 Å². The second-order valence-corrected chi connectivity index (χ2v) is 8.05.